The zero-order chi connectivity index (χ0) is 10.6. The smallest absolute Gasteiger partial charge is 0.418 e. The average Bonchev–Trinajstić information content (AvgIpc) is 2.19. The maximum absolute atomic E-state index is 10.2. The van der Waals surface area contributed by atoms with Crippen molar-refractivity contribution in [2.75, 3.05) is 0 Å². The lowest BCUT2D eigenvalue weighted by atomic mass is 9.98. The molecule has 0 aromatic heterocycles. The Morgan fingerprint density at radius 1 is 1.43 bits per heavy atom. The van der Waals surface area contributed by atoms with Gasteiger partial charge in [-0.05, 0) is 37.0 Å². The summed E-state index contributed by atoms with van der Waals surface area (Å²) in [6.45, 7) is 7.60. The minimum Gasteiger partial charge on any atom is -0.449 e. The minimum absolute atomic E-state index is 0.160. The fourth-order valence-corrected chi connectivity index (χ4v) is 1.55. The van der Waals surface area contributed by atoms with Gasteiger partial charge in [-0.3, -0.25) is 0 Å². The van der Waals surface area contributed by atoms with Gasteiger partial charge in [-0.1, -0.05) is 25.1 Å². The summed E-state index contributed by atoms with van der Waals surface area (Å²) in [5.74, 6) is 0. The molecule has 2 heteroatoms. The highest BCUT2D eigenvalue weighted by atomic mass is 16.5. The second-order valence-corrected chi connectivity index (χ2v) is 3.39. The first-order valence-electron chi connectivity index (χ1n) is 4.79. The van der Waals surface area contributed by atoms with Crippen LogP contribution in [0.25, 0.3) is 0 Å². The number of ether oxygens (including phenoxy) is 1. The molecule has 1 aromatic carbocycles. The molecule has 0 amide bonds. The van der Waals surface area contributed by atoms with Crippen molar-refractivity contribution in [3.8, 4) is 0 Å². The van der Waals surface area contributed by atoms with Gasteiger partial charge in [0.15, 0.2) is 0 Å². The van der Waals surface area contributed by atoms with Crippen molar-refractivity contribution < 1.29 is 9.53 Å². The van der Waals surface area contributed by atoms with E-state index in [-0.39, 0.29) is 6.10 Å². The maximum atomic E-state index is 10.2. The molecule has 0 aliphatic rings. The van der Waals surface area contributed by atoms with Crippen molar-refractivity contribution in [2.24, 2.45) is 0 Å². The highest BCUT2D eigenvalue weighted by molar-refractivity contribution is 5.41. The maximum Gasteiger partial charge on any atom is 0.418 e. The van der Waals surface area contributed by atoms with E-state index in [1.165, 1.54) is 17.6 Å². The van der Waals surface area contributed by atoms with E-state index < -0.39 is 0 Å². The predicted molar refractivity (Wildman–Crippen MR) is 55.7 cm³/mol. The predicted octanol–water partition coefficient (Wildman–Crippen LogP) is 2.84. The molecule has 0 bridgehead atoms. The third-order valence-corrected chi connectivity index (χ3v) is 2.55. The van der Waals surface area contributed by atoms with Crippen LogP contribution >= 0.6 is 0 Å². The molecule has 1 unspecified atom stereocenters. The van der Waals surface area contributed by atoms with Gasteiger partial charge in [0.05, 0.1) is 0 Å². The zero-order valence-corrected chi connectivity index (χ0v) is 8.83. The second kappa shape index (κ2) is 4.80. The first-order chi connectivity index (χ1) is 6.70. The van der Waals surface area contributed by atoms with Crippen LogP contribution in [0.2, 0.25) is 0 Å². The minimum atomic E-state index is -0.160. The standard InChI is InChI=1S/C12H15O2/c1-4-12(14-8-13)11-7-5-6-9(2)10(11)3/h5-7,12H,4H2,1-3H3. The van der Waals surface area contributed by atoms with Crippen LogP contribution in [0.4, 0.5) is 0 Å². The van der Waals surface area contributed by atoms with E-state index in [1.807, 2.05) is 26.0 Å². The Kier molecular flexibility index (Phi) is 3.69. The van der Waals surface area contributed by atoms with Gasteiger partial charge in [-0.15, -0.1) is 0 Å². The van der Waals surface area contributed by atoms with Gasteiger partial charge in [0, 0.05) is 0 Å². The van der Waals surface area contributed by atoms with Crippen LogP contribution in [-0.2, 0) is 9.53 Å². The van der Waals surface area contributed by atoms with Crippen molar-refractivity contribution in [1.82, 2.24) is 0 Å². The van der Waals surface area contributed by atoms with Crippen LogP contribution in [-0.4, -0.2) is 6.47 Å². The monoisotopic (exact) mass is 191 g/mol. The Bertz CT molecular complexity index is 318. The Morgan fingerprint density at radius 2 is 2.14 bits per heavy atom. The summed E-state index contributed by atoms with van der Waals surface area (Å²) in [6, 6.07) is 6.03. The Hall–Kier alpha value is -1.31. The molecule has 1 radical (unpaired) electrons. The van der Waals surface area contributed by atoms with E-state index in [1.54, 1.807) is 0 Å². The van der Waals surface area contributed by atoms with Crippen LogP contribution in [0.15, 0.2) is 18.2 Å². The number of aryl methyl sites for hydroxylation is 1. The summed E-state index contributed by atoms with van der Waals surface area (Å²) < 4.78 is 4.91. The van der Waals surface area contributed by atoms with E-state index in [4.69, 9.17) is 4.74 Å². The Labute approximate surface area is 84.9 Å². The number of hydrogen-bond acceptors (Lipinski definition) is 2. The van der Waals surface area contributed by atoms with Gasteiger partial charge in [0.2, 0.25) is 0 Å². The molecule has 2 nitrogen and oxygen atoms in total. The molecule has 0 spiro atoms. The Balaban J connectivity index is 3.03. The summed E-state index contributed by atoms with van der Waals surface area (Å²) in [5.41, 5.74) is 3.49. The topological polar surface area (TPSA) is 26.3 Å². The summed E-state index contributed by atoms with van der Waals surface area (Å²) in [6.07, 6.45) is 0.617. The summed E-state index contributed by atoms with van der Waals surface area (Å²) in [4.78, 5) is 10.2. The number of hydrogen-bond donors (Lipinski definition) is 0. The van der Waals surface area contributed by atoms with Crippen LogP contribution in [0.1, 0.15) is 36.1 Å². The molecule has 1 atom stereocenters. The lowest BCUT2D eigenvalue weighted by molar-refractivity contribution is 0.174. The van der Waals surface area contributed by atoms with Gasteiger partial charge in [0.25, 0.3) is 0 Å². The third-order valence-electron chi connectivity index (χ3n) is 2.55. The van der Waals surface area contributed by atoms with Gasteiger partial charge in [-0.2, -0.15) is 0 Å². The number of benzene rings is 1. The molecular weight excluding hydrogens is 176 g/mol. The first kappa shape index (κ1) is 10.8. The van der Waals surface area contributed by atoms with Crippen molar-refractivity contribution >= 4 is 6.47 Å². The highest BCUT2D eigenvalue weighted by Crippen LogP contribution is 2.25. The van der Waals surface area contributed by atoms with Crippen LogP contribution in [0.5, 0.6) is 0 Å². The molecule has 0 aliphatic heterocycles. The molecule has 0 heterocycles. The van der Waals surface area contributed by atoms with Gasteiger partial charge < -0.3 is 4.74 Å². The van der Waals surface area contributed by atoms with E-state index in [0.29, 0.717) is 0 Å². The fraction of sp³-hybridized carbons (Fsp3) is 0.417. The molecule has 75 valence electrons. The van der Waals surface area contributed by atoms with Crippen LogP contribution in [0, 0.1) is 13.8 Å². The molecule has 1 aromatic rings. The normalized spacial score (nSPS) is 12.2. The van der Waals surface area contributed by atoms with Crippen molar-refractivity contribution in [3.63, 3.8) is 0 Å². The van der Waals surface area contributed by atoms with Gasteiger partial charge in [-0.25, -0.2) is 4.79 Å². The van der Waals surface area contributed by atoms with Gasteiger partial charge in [0.1, 0.15) is 6.10 Å². The number of carbonyl (C=O) groups excluding carboxylic acids is 1. The highest BCUT2D eigenvalue weighted by Gasteiger charge is 2.13. The molecule has 1 rings (SSSR count). The molecule has 0 fully saturated rings. The summed E-state index contributed by atoms with van der Waals surface area (Å²) in [5, 5.41) is 0. The largest absolute Gasteiger partial charge is 0.449 e. The van der Waals surface area contributed by atoms with Crippen LogP contribution in [0.3, 0.4) is 0 Å². The van der Waals surface area contributed by atoms with E-state index in [2.05, 4.69) is 13.0 Å². The molecule has 14 heavy (non-hydrogen) atoms. The SMILES string of the molecule is CCC(O[C]=O)c1cccc(C)c1C. The summed E-state index contributed by atoms with van der Waals surface area (Å²) >= 11 is 0. The van der Waals surface area contributed by atoms with Crippen molar-refractivity contribution in [2.45, 2.75) is 33.3 Å². The van der Waals surface area contributed by atoms with Crippen molar-refractivity contribution in [1.29, 1.82) is 0 Å². The zero-order valence-electron chi connectivity index (χ0n) is 8.83. The quantitative estimate of drug-likeness (QED) is 0.731. The number of rotatable bonds is 4. The molecule has 0 saturated heterocycles. The van der Waals surface area contributed by atoms with E-state index >= 15 is 0 Å². The molecule has 0 aliphatic carbocycles. The lowest BCUT2D eigenvalue weighted by Gasteiger charge is -2.16. The average molecular weight is 191 g/mol. The fourth-order valence-electron chi connectivity index (χ4n) is 1.55. The summed E-state index contributed by atoms with van der Waals surface area (Å²) in [7, 11) is 0. The second-order valence-electron chi connectivity index (χ2n) is 3.39. The van der Waals surface area contributed by atoms with E-state index in [0.717, 1.165) is 12.0 Å². The van der Waals surface area contributed by atoms with E-state index in [9.17, 15) is 4.79 Å². The van der Waals surface area contributed by atoms with Gasteiger partial charge >= 0.3 is 6.47 Å². The third kappa shape index (κ3) is 2.13. The Morgan fingerprint density at radius 3 is 2.71 bits per heavy atom. The van der Waals surface area contributed by atoms with Crippen LogP contribution < -0.4 is 0 Å². The molecule has 0 saturated carbocycles. The first-order valence-corrected chi connectivity index (χ1v) is 4.79. The lowest BCUT2D eigenvalue weighted by Crippen LogP contribution is -2.04. The van der Waals surface area contributed by atoms with Crippen molar-refractivity contribution in [3.05, 3.63) is 34.9 Å². The molecular formula is C12H15O2. The molecule has 0 N–H and O–H groups in total.